The molecule has 2 aromatic carbocycles. The van der Waals surface area contributed by atoms with Crippen LogP contribution in [0, 0.1) is 0 Å². The van der Waals surface area contributed by atoms with Gasteiger partial charge in [-0.05, 0) is 78.3 Å². The monoisotopic (exact) mass is 449 g/mol. The van der Waals surface area contributed by atoms with Crippen LogP contribution in [-0.4, -0.2) is 39.3 Å². The quantitative estimate of drug-likeness (QED) is 0.501. The molecule has 2 N–H and O–H groups in total. The largest absolute Gasteiger partial charge is 0.466 e. The Morgan fingerprint density at radius 3 is 2.67 bits per heavy atom. The fourth-order valence-electron chi connectivity index (χ4n) is 3.70. The van der Waals surface area contributed by atoms with Crippen molar-refractivity contribution in [1.29, 1.82) is 0 Å². The van der Waals surface area contributed by atoms with E-state index in [9.17, 15) is 18.3 Å². The normalized spacial score (nSPS) is 16.4. The first-order valence-electron chi connectivity index (χ1n) is 9.62. The number of ether oxygens (including phenoxy) is 1. The number of carbonyl (C=O) groups excluding carboxylic acids is 1. The minimum Gasteiger partial charge on any atom is -0.466 e. The van der Waals surface area contributed by atoms with Crippen molar-refractivity contribution in [3.8, 4) is 0 Å². The summed E-state index contributed by atoms with van der Waals surface area (Å²) in [7, 11) is -2.33. The molecule has 0 spiro atoms. The summed E-state index contributed by atoms with van der Waals surface area (Å²) in [5.41, 5.74) is 3.93. The number of nitrogens with one attached hydrogen (secondary N) is 1. The maximum atomic E-state index is 12.7. The Morgan fingerprint density at radius 2 is 2.00 bits per heavy atom. The first-order chi connectivity index (χ1) is 14.3. The molecule has 6 nitrogen and oxygen atoms in total. The number of hydrogen-bond donors (Lipinski definition) is 2. The Bertz CT molecular complexity index is 1050. The van der Waals surface area contributed by atoms with Gasteiger partial charge in [0.25, 0.3) is 0 Å². The molecule has 1 aliphatic carbocycles. The Hall–Kier alpha value is -2.19. The van der Waals surface area contributed by atoms with E-state index in [1.54, 1.807) is 18.2 Å². The van der Waals surface area contributed by atoms with Gasteiger partial charge in [-0.25, -0.2) is 17.9 Å². The molecule has 160 valence electrons. The summed E-state index contributed by atoms with van der Waals surface area (Å²) in [5.74, 6) is -0.452. The summed E-state index contributed by atoms with van der Waals surface area (Å²) in [5, 5.41) is 9.84. The van der Waals surface area contributed by atoms with Gasteiger partial charge in [0, 0.05) is 23.7 Å². The minimum atomic E-state index is -3.65. The van der Waals surface area contributed by atoms with Crippen molar-refractivity contribution in [2.24, 2.45) is 0 Å². The third-order valence-corrected chi connectivity index (χ3v) is 6.96. The third kappa shape index (κ3) is 5.29. The van der Waals surface area contributed by atoms with Gasteiger partial charge in [-0.2, -0.15) is 0 Å². The van der Waals surface area contributed by atoms with Crippen LogP contribution in [0.2, 0.25) is 5.02 Å². The number of fused-ring (bicyclic) bond motifs is 1. The highest BCUT2D eigenvalue weighted by Gasteiger charge is 2.26. The van der Waals surface area contributed by atoms with E-state index in [1.165, 1.54) is 25.3 Å². The second-order valence-electron chi connectivity index (χ2n) is 7.12. The van der Waals surface area contributed by atoms with Crippen LogP contribution in [-0.2, 0) is 38.8 Å². The lowest BCUT2D eigenvalue weighted by Crippen LogP contribution is -2.39. The van der Waals surface area contributed by atoms with E-state index < -0.39 is 16.0 Å². The predicted molar refractivity (Wildman–Crippen MR) is 116 cm³/mol. The van der Waals surface area contributed by atoms with Gasteiger partial charge >= 0.3 is 5.97 Å². The van der Waals surface area contributed by atoms with Crippen LogP contribution in [0.3, 0.4) is 0 Å². The summed E-state index contributed by atoms with van der Waals surface area (Å²) >= 11 is 5.85. The lowest BCUT2D eigenvalue weighted by atomic mass is 9.83. The molecule has 0 saturated carbocycles. The minimum absolute atomic E-state index is 0.00136. The molecule has 30 heavy (non-hydrogen) atoms. The molecule has 0 saturated heterocycles. The number of hydrogen-bond acceptors (Lipinski definition) is 5. The summed E-state index contributed by atoms with van der Waals surface area (Å²) in [6.45, 7) is 0.00136. The first-order valence-corrected chi connectivity index (χ1v) is 11.5. The zero-order chi connectivity index (χ0) is 21.7. The molecule has 0 amide bonds. The SMILES string of the molecule is COC(=O)C=Cc1c(CCO)ccc2c1CCC(NS(=O)(=O)c1ccc(Cl)cc1)C2. The molecule has 0 radical (unpaired) electrons. The number of rotatable bonds is 7. The zero-order valence-corrected chi connectivity index (χ0v) is 18.2. The number of aliphatic hydroxyl groups is 1. The molecule has 3 rings (SSSR count). The third-order valence-electron chi connectivity index (χ3n) is 5.17. The highest BCUT2D eigenvalue weighted by Crippen LogP contribution is 2.29. The molecule has 8 heteroatoms. The molecule has 1 unspecified atom stereocenters. The lowest BCUT2D eigenvalue weighted by Gasteiger charge is -2.27. The van der Waals surface area contributed by atoms with E-state index in [-0.39, 0.29) is 17.5 Å². The Morgan fingerprint density at radius 1 is 1.27 bits per heavy atom. The van der Waals surface area contributed by atoms with E-state index in [4.69, 9.17) is 11.6 Å². The molecule has 1 aliphatic rings. The fraction of sp³-hybridized carbons (Fsp3) is 0.318. The van der Waals surface area contributed by atoms with Crippen LogP contribution in [0.15, 0.2) is 47.4 Å². The Labute approximate surface area is 181 Å². The number of carbonyl (C=O) groups is 1. The second kappa shape index (κ2) is 9.75. The number of methoxy groups -OCH3 is 1. The van der Waals surface area contributed by atoms with Crippen LogP contribution in [0.5, 0.6) is 0 Å². The van der Waals surface area contributed by atoms with Crippen molar-refractivity contribution in [2.75, 3.05) is 13.7 Å². The van der Waals surface area contributed by atoms with Crippen LogP contribution in [0.4, 0.5) is 0 Å². The summed E-state index contributed by atoms with van der Waals surface area (Å²) in [4.78, 5) is 11.7. The van der Waals surface area contributed by atoms with Gasteiger partial charge in [-0.1, -0.05) is 23.7 Å². The Balaban J connectivity index is 1.84. The summed E-state index contributed by atoms with van der Waals surface area (Å²) in [6, 6.07) is 9.72. The van der Waals surface area contributed by atoms with E-state index in [1.807, 2.05) is 12.1 Å². The van der Waals surface area contributed by atoms with Crippen molar-refractivity contribution in [1.82, 2.24) is 4.72 Å². The highest BCUT2D eigenvalue weighted by molar-refractivity contribution is 7.89. The molecule has 1 atom stereocenters. The average molecular weight is 450 g/mol. The standard InChI is InChI=1S/C22H24ClNO5S/c1-29-22(26)11-10-20-15(12-13-25)2-3-16-14-18(6-9-21(16)20)24-30(27,28)19-7-4-17(23)5-8-19/h2-5,7-8,10-11,18,24-25H,6,9,12-14H2,1H3. The van der Waals surface area contributed by atoms with Crippen LogP contribution in [0.25, 0.3) is 6.08 Å². The maximum absolute atomic E-state index is 12.7. The smallest absolute Gasteiger partial charge is 0.330 e. The van der Waals surface area contributed by atoms with E-state index in [0.29, 0.717) is 30.7 Å². The van der Waals surface area contributed by atoms with Crippen molar-refractivity contribution in [2.45, 2.75) is 36.6 Å². The zero-order valence-electron chi connectivity index (χ0n) is 16.6. The van der Waals surface area contributed by atoms with E-state index in [0.717, 1.165) is 22.3 Å². The van der Waals surface area contributed by atoms with Gasteiger partial charge in [0.1, 0.15) is 0 Å². The van der Waals surface area contributed by atoms with Gasteiger partial charge in [-0.15, -0.1) is 0 Å². The molecule has 0 fully saturated rings. The molecular weight excluding hydrogens is 426 g/mol. The average Bonchev–Trinajstić information content (AvgIpc) is 2.72. The summed E-state index contributed by atoms with van der Waals surface area (Å²) in [6.07, 6.45) is 5.38. The van der Waals surface area contributed by atoms with Crippen LogP contribution >= 0.6 is 11.6 Å². The van der Waals surface area contributed by atoms with E-state index >= 15 is 0 Å². The van der Waals surface area contributed by atoms with Crippen molar-refractivity contribution < 1.29 is 23.1 Å². The van der Waals surface area contributed by atoms with Crippen molar-refractivity contribution >= 4 is 33.7 Å². The van der Waals surface area contributed by atoms with Gasteiger partial charge in [-0.3, -0.25) is 0 Å². The van der Waals surface area contributed by atoms with Gasteiger partial charge < -0.3 is 9.84 Å². The van der Waals surface area contributed by atoms with E-state index in [2.05, 4.69) is 9.46 Å². The summed E-state index contributed by atoms with van der Waals surface area (Å²) < 4.78 is 32.9. The molecular formula is C22H24ClNO5S. The molecule has 0 heterocycles. The van der Waals surface area contributed by atoms with Crippen molar-refractivity contribution in [3.05, 3.63) is 69.8 Å². The highest BCUT2D eigenvalue weighted by atomic mass is 35.5. The number of halogens is 1. The number of benzene rings is 2. The van der Waals surface area contributed by atoms with Gasteiger partial charge in [0.05, 0.1) is 12.0 Å². The Kier molecular flexibility index (Phi) is 7.31. The lowest BCUT2D eigenvalue weighted by molar-refractivity contribution is -0.134. The topological polar surface area (TPSA) is 92.7 Å². The number of esters is 1. The molecule has 0 aliphatic heterocycles. The first kappa shape index (κ1) is 22.5. The van der Waals surface area contributed by atoms with Crippen molar-refractivity contribution in [3.63, 3.8) is 0 Å². The van der Waals surface area contributed by atoms with Crippen LogP contribution < -0.4 is 4.72 Å². The second-order valence-corrected chi connectivity index (χ2v) is 9.27. The van der Waals surface area contributed by atoms with Gasteiger partial charge in [0.15, 0.2) is 0 Å². The maximum Gasteiger partial charge on any atom is 0.330 e. The van der Waals surface area contributed by atoms with Gasteiger partial charge in [0.2, 0.25) is 10.0 Å². The molecule has 0 bridgehead atoms. The number of sulfonamides is 1. The number of aliphatic hydroxyl groups excluding tert-OH is 1. The molecule has 0 aromatic heterocycles. The predicted octanol–water partition coefficient (Wildman–Crippen LogP) is 2.90. The molecule has 2 aromatic rings. The fourth-order valence-corrected chi connectivity index (χ4v) is 5.09. The van der Waals surface area contributed by atoms with Crippen LogP contribution in [0.1, 0.15) is 28.7 Å².